The van der Waals surface area contributed by atoms with Gasteiger partial charge in [-0.3, -0.25) is 4.79 Å². The van der Waals surface area contributed by atoms with Gasteiger partial charge in [-0.15, -0.1) is 11.6 Å². The summed E-state index contributed by atoms with van der Waals surface area (Å²) < 4.78 is 6.45. The van der Waals surface area contributed by atoms with Gasteiger partial charge in [0.15, 0.2) is 14.1 Å². The Morgan fingerprint density at radius 1 is 1.37 bits per heavy atom. The number of rotatable bonds is 4. The second-order valence-corrected chi connectivity index (χ2v) is 12.7. The first kappa shape index (κ1) is 17.2. The molecule has 2 nitrogen and oxygen atoms in total. The highest BCUT2D eigenvalue weighted by Crippen LogP contribution is 2.43. The molecule has 0 heterocycles. The minimum absolute atomic E-state index is 0.136. The zero-order valence-electron chi connectivity index (χ0n) is 13.3. The molecule has 4 heteroatoms. The summed E-state index contributed by atoms with van der Waals surface area (Å²) in [6, 6.07) is 0. The van der Waals surface area contributed by atoms with E-state index in [-0.39, 0.29) is 16.9 Å². The number of carbonyl (C=O) groups excluding carboxylic acids is 1. The molecule has 1 fully saturated rings. The maximum Gasteiger partial charge on any atom is 0.192 e. The lowest BCUT2D eigenvalue weighted by atomic mass is 9.82. The van der Waals surface area contributed by atoms with E-state index in [9.17, 15) is 4.79 Å². The third kappa shape index (κ3) is 3.62. The highest BCUT2D eigenvalue weighted by atomic mass is 35.5. The molecule has 0 aromatic carbocycles. The largest absolute Gasteiger partial charge is 0.412 e. The molecule has 0 saturated heterocycles. The third-order valence-electron chi connectivity index (χ3n) is 4.78. The number of halogens is 1. The Kier molecular flexibility index (Phi) is 5.31. The molecule has 0 bridgehead atoms. The molecule has 0 aliphatic heterocycles. The average molecular weight is 305 g/mol. The van der Waals surface area contributed by atoms with Gasteiger partial charge in [-0.1, -0.05) is 34.1 Å². The predicted molar refractivity (Wildman–Crippen MR) is 84.4 cm³/mol. The summed E-state index contributed by atoms with van der Waals surface area (Å²) in [5, 5.41) is 0.144. The van der Waals surface area contributed by atoms with E-state index in [2.05, 4.69) is 40.8 Å². The topological polar surface area (TPSA) is 26.3 Å². The van der Waals surface area contributed by atoms with Crippen molar-refractivity contribution in [2.45, 2.75) is 88.9 Å². The third-order valence-corrected chi connectivity index (χ3v) is 9.91. The van der Waals surface area contributed by atoms with Crippen LogP contribution in [0.1, 0.15) is 59.8 Å². The molecular formula is C15H29ClO2Si. The molecule has 0 N–H and O–H groups in total. The number of ketones is 1. The lowest BCUT2D eigenvalue weighted by Crippen LogP contribution is -2.54. The first-order valence-corrected chi connectivity index (χ1v) is 10.7. The van der Waals surface area contributed by atoms with Gasteiger partial charge in [0.1, 0.15) is 4.87 Å². The standard InChI is InChI=1S/C15H29ClO2Si/c1-7-13(18-19(5,6)14(2,3)4)15(16)11-9-8-10-12(15)17/h13H,7-11H2,1-6H3/t13-,15?/m0/s1. The van der Waals surface area contributed by atoms with Crippen LogP contribution >= 0.6 is 11.6 Å². The van der Waals surface area contributed by atoms with Crippen LogP contribution in [-0.2, 0) is 9.22 Å². The predicted octanol–water partition coefficient (Wildman–Crippen LogP) is 4.91. The lowest BCUT2D eigenvalue weighted by molar-refractivity contribution is -0.126. The molecular weight excluding hydrogens is 276 g/mol. The molecule has 0 amide bonds. The molecule has 1 aliphatic carbocycles. The molecule has 0 spiro atoms. The Morgan fingerprint density at radius 3 is 2.37 bits per heavy atom. The fourth-order valence-corrected chi connectivity index (χ4v) is 4.32. The summed E-state index contributed by atoms with van der Waals surface area (Å²) in [6.45, 7) is 13.2. The van der Waals surface area contributed by atoms with E-state index >= 15 is 0 Å². The highest BCUT2D eigenvalue weighted by molar-refractivity contribution is 6.74. The SMILES string of the molecule is CC[C@H](O[Si](C)(C)C(C)(C)C)C1(Cl)CCCCC1=O. The van der Waals surface area contributed by atoms with Crippen LogP contribution in [-0.4, -0.2) is 25.1 Å². The van der Waals surface area contributed by atoms with Crippen LogP contribution in [0.4, 0.5) is 0 Å². The molecule has 112 valence electrons. The normalized spacial score (nSPS) is 27.4. The number of alkyl halides is 1. The number of Topliss-reactive ketones (excluding diaryl/α,β-unsaturated/α-hetero) is 1. The Labute approximate surface area is 124 Å². The summed E-state index contributed by atoms with van der Waals surface area (Å²) in [4.78, 5) is 11.5. The molecule has 0 aromatic heterocycles. The minimum Gasteiger partial charge on any atom is -0.412 e. The van der Waals surface area contributed by atoms with Crippen molar-refractivity contribution in [3.63, 3.8) is 0 Å². The van der Waals surface area contributed by atoms with E-state index in [1.165, 1.54) is 0 Å². The van der Waals surface area contributed by atoms with Gasteiger partial charge < -0.3 is 4.43 Å². The fraction of sp³-hybridized carbons (Fsp3) is 0.933. The maximum absolute atomic E-state index is 12.3. The van der Waals surface area contributed by atoms with Crippen LogP contribution in [0.5, 0.6) is 0 Å². The first-order chi connectivity index (χ1) is 8.54. The van der Waals surface area contributed by atoms with Gasteiger partial charge in [0.05, 0.1) is 6.10 Å². The van der Waals surface area contributed by atoms with Gasteiger partial charge in [0, 0.05) is 6.42 Å². The van der Waals surface area contributed by atoms with Crippen LogP contribution in [0.2, 0.25) is 18.1 Å². The van der Waals surface area contributed by atoms with E-state index in [0.717, 1.165) is 25.7 Å². The van der Waals surface area contributed by atoms with Crippen molar-refractivity contribution in [3.05, 3.63) is 0 Å². The highest BCUT2D eigenvalue weighted by Gasteiger charge is 2.49. The van der Waals surface area contributed by atoms with Crippen molar-refractivity contribution in [1.82, 2.24) is 0 Å². The van der Waals surface area contributed by atoms with Crippen molar-refractivity contribution in [2.24, 2.45) is 0 Å². The van der Waals surface area contributed by atoms with Gasteiger partial charge in [0.25, 0.3) is 0 Å². The summed E-state index contributed by atoms with van der Waals surface area (Å²) >= 11 is 6.70. The number of hydrogen-bond donors (Lipinski definition) is 0. The van der Waals surface area contributed by atoms with E-state index in [4.69, 9.17) is 16.0 Å². The molecule has 0 radical (unpaired) electrons. The smallest absolute Gasteiger partial charge is 0.192 e. The fourth-order valence-electron chi connectivity index (χ4n) is 2.39. The minimum atomic E-state index is -1.89. The van der Waals surface area contributed by atoms with Crippen LogP contribution in [0.15, 0.2) is 0 Å². The molecule has 1 saturated carbocycles. The van der Waals surface area contributed by atoms with E-state index in [1.807, 2.05) is 0 Å². The monoisotopic (exact) mass is 304 g/mol. The molecule has 1 aliphatic rings. The average Bonchev–Trinajstić information content (AvgIpc) is 2.28. The second kappa shape index (κ2) is 5.86. The van der Waals surface area contributed by atoms with E-state index < -0.39 is 13.2 Å². The number of hydrogen-bond acceptors (Lipinski definition) is 2. The Balaban J connectivity index is 2.92. The van der Waals surface area contributed by atoms with Crippen LogP contribution in [0.25, 0.3) is 0 Å². The van der Waals surface area contributed by atoms with Crippen LogP contribution < -0.4 is 0 Å². The van der Waals surface area contributed by atoms with E-state index in [0.29, 0.717) is 6.42 Å². The van der Waals surface area contributed by atoms with Gasteiger partial charge in [-0.05, 0) is 37.4 Å². The van der Waals surface area contributed by atoms with Crippen molar-refractivity contribution in [2.75, 3.05) is 0 Å². The summed E-state index contributed by atoms with van der Waals surface area (Å²) in [7, 11) is -1.89. The molecule has 1 unspecified atom stereocenters. The summed E-state index contributed by atoms with van der Waals surface area (Å²) in [5.74, 6) is 0.186. The zero-order valence-corrected chi connectivity index (χ0v) is 15.1. The molecule has 1 rings (SSSR count). The lowest BCUT2D eigenvalue weighted by Gasteiger charge is -2.44. The molecule has 19 heavy (non-hydrogen) atoms. The van der Waals surface area contributed by atoms with Gasteiger partial charge in [-0.2, -0.15) is 0 Å². The first-order valence-electron chi connectivity index (χ1n) is 7.44. The van der Waals surface area contributed by atoms with Gasteiger partial charge >= 0.3 is 0 Å². The molecule has 2 atom stereocenters. The van der Waals surface area contributed by atoms with Crippen molar-refractivity contribution in [3.8, 4) is 0 Å². The Hall–Kier alpha value is 0.137. The Morgan fingerprint density at radius 2 is 1.95 bits per heavy atom. The maximum atomic E-state index is 12.3. The second-order valence-electron chi connectivity index (χ2n) is 7.27. The van der Waals surface area contributed by atoms with Crippen LogP contribution in [0.3, 0.4) is 0 Å². The number of carbonyl (C=O) groups is 1. The van der Waals surface area contributed by atoms with Crippen LogP contribution in [0, 0.1) is 0 Å². The van der Waals surface area contributed by atoms with Crippen molar-refractivity contribution < 1.29 is 9.22 Å². The van der Waals surface area contributed by atoms with Gasteiger partial charge in [0.2, 0.25) is 0 Å². The summed E-state index contributed by atoms with van der Waals surface area (Å²) in [6.07, 6.45) is 4.06. The molecule has 0 aromatic rings. The quantitative estimate of drug-likeness (QED) is 0.545. The summed E-state index contributed by atoms with van der Waals surface area (Å²) in [5.41, 5.74) is 0. The van der Waals surface area contributed by atoms with E-state index in [1.54, 1.807) is 0 Å². The zero-order chi connectivity index (χ0) is 14.9. The van der Waals surface area contributed by atoms with Crippen molar-refractivity contribution >= 4 is 25.7 Å². The Bertz CT molecular complexity index is 336. The van der Waals surface area contributed by atoms with Crippen molar-refractivity contribution in [1.29, 1.82) is 0 Å². The van der Waals surface area contributed by atoms with Gasteiger partial charge in [-0.25, -0.2) is 0 Å².